The van der Waals surface area contributed by atoms with Gasteiger partial charge in [0.1, 0.15) is 0 Å². The summed E-state index contributed by atoms with van der Waals surface area (Å²) in [6, 6.07) is 5.94. The zero-order chi connectivity index (χ0) is 17.1. The van der Waals surface area contributed by atoms with Crippen LogP contribution in [0.3, 0.4) is 0 Å². The first kappa shape index (κ1) is 17.6. The van der Waals surface area contributed by atoms with E-state index in [2.05, 4.69) is 10.2 Å². The molecule has 0 aromatic heterocycles. The smallest absolute Gasteiger partial charge is 0.255 e. The molecule has 2 aliphatic rings. The van der Waals surface area contributed by atoms with E-state index in [1.54, 1.807) is 17.8 Å². The van der Waals surface area contributed by atoms with Crippen molar-refractivity contribution in [3.63, 3.8) is 0 Å². The first-order chi connectivity index (χ1) is 11.6. The van der Waals surface area contributed by atoms with E-state index in [4.69, 9.17) is 11.6 Å². The van der Waals surface area contributed by atoms with E-state index < -0.39 is 0 Å². The first-order valence-electron chi connectivity index (χ1n) is 8.21. The molecule has 1 aromatic carbocycles. The van der Waals surface area contributed by atoms with Crippen LogP contribution in [0.25, 0.3) is 0 Å². The molecule has 0 spiro atoms. The summed E-state index contributed by atoms with van der Waals surface area (Å²) in [5.41, 5.74) is 0.559. The second kappa shape index (κ2) is 7.76. The van der Waals surface area contributed by atoms with Gasteiger partial charge in [-0.2, -0.15) is 0 Å². The summed E-state index contributed by atoms with van der Waals surface area (Å²) >= 11 is 7.79. The number of hydrogen-bond acceptors (Lipinski definition) is 4. The fourth-order valence-electron chi connectivity index (χ4n) is 2.78. The number of rotatable bonds is 5. The molecule has 24 heavy (non-hydrogen) atoms. The number of amides is 2. The van der Waals surface area contributed by atoms with Gasteiger partial charge >= 0.3 is 0 Å². The summed E-state index contributed by atoms with van der Waals surface area (Å²) in [6.07, 6.45) is 4.18. The van der Waals surface area contributed by atoms with Crippen LogP contribution in [0.5, 0.6) is 0 Å². The summed E-state index contributed by atoms with van der Waals surface area (Å²) < 4.78 is 0. The van der Waals surface area contributed by atoms with E-state index in [0.717, 1.165) is 17.7 Å². The number of carbonyl (C=O) groups excluding carboxylic acids is 2. The average molecular weight is 368 g/mol. The Labute approximate surface area is 151 Å². The van der Waals surface area contributed by atoms with Crippen LogP contribution in [0.2, 0.25) is 5.02 Å². The minimum atomic E-state index is -0.0296. The van der Waals surface area contributed by atoms with Crippen molar-refractivity contribution in [3.05, 3.63) is 28.8 Å². The van der Waals surface area contributed by atoms with Crippen LogP contribution < -0.4 is 5.32 Å². The van der Waals surface area contributed by atoms with Gasteiger partial charge in [0.2, 0.25) is 5.91 Å². The van der Waals surface area contributed by atoms with Crippen molar-refractivity contribution in [2.24, 2.45) is 0 Å². The largest absolute Gasteiger partial charge is 0.352 e. The molecule has 3 rings (SSSR count). The van der Waals surface area contributed by atoms with Gasteiger partial charge in [0.25, 0.3) is 5.91 Å². The van der Waals surface area contributed by atoms with Gasteiger partial charge in [-0.1, -0.05) is 11.6 Å². The average Bonchev–Trinajstić information content (AvgIpc) is 3.39. The topological polar surface area (TPSA) is 52.7 Å². The Morgan fingerprint density at radius 1 is 1.25 bits per heavy atom. The van der Waals surface area contributed by atoms with Crippen molar-refractivity contribution in [3.8, 4) is 0 Å². The normalized spacial score (nSPS) is 18.5. The second-order valence-corrected chi connectivity index (χ2v) is 7.54. The van der Waals surface area contributed by atoms with Gasteiger partial charge in [-0.05, 0) is 37.3 Å². The van der Waals surface area contributed by atoms with Crippen molar-refractivity contribution in [2.45, 2.75) is 23.8 Å². The number of hydrogen-bond donors (Lipinski definition) is 1. The number of nitrogens with one attached hydrogen (secondary N) is 1. The molecule has 130 valence electrons. The molecule has 1 N–H and O–H groups in total. The highest BCUT2D eigenvalue weighted by molar-refractivity contribution is 7.98. The number of carbonyl (C=O) groups is 2. The number of nitrogens with zero attached hydrogens (tertiary/aromatic N) is 2. The quantitative estimate of drug-likeness (QED) is 0.810. The molecule has 2 fully saturated rings. The lowest BCUT2D eigenvalue weighted by atomic mass is 10.1. The lowest BCUT2D eigenvalue weighted by molar-refractivity contribution is -0.122. The Balaban J connectivity index is 1.54. The SMILES string of the molecule is CSc1ccc(Cl)c(C(=O)N2CCN(CC(=O)NC3CC3)CC2)c1. The molecule has 7 heteroatoms. The van der Waals surface area contributed by atoms with Crippen LogP contribution in [0, 0.1) is 0 Å². The summed E-state index contributed by atoms with van der Waals surface area (Å²) in [6.45, 7) is 3.08. The van der Waals surface area contributed by atoms with E-state index in [0.29, 0.717) is 49.4 Å². The number of halogens is 1. The Morgan fingerprint density at radius 3 is 2.58 bits per heavy atom. The summed E-state index contributed by atoms with van der Waals surface area (Å²) in [5.74, 6) is 0.0611. The third-order valence-corrected chi connectivity index (χ3v) is 5.43. The minimum absolute atomic E-state index is 0.0296. The summed E-state index contributed by atoms with van der Waals surface area (Å²) in [7, 11) is 0. The molecule has 1 saturated carbocycles. The lowest BCUT2D eigenvalue weighted by Crippen LogP contribution is -2.51. The van der Waals surface area contributed by atoms with E-state index in [-0.39, 0.29) is 11.8 Å². The molecule has 0 radical (unpaired) electrons. The highest BCUT2D eigenvalue weighted by Crippen LogP contribution is 2.24. The van der Waals surface area contributed by atoms with Gasteiger partial charge in [0.05, 0.1) is 17.1 Å². The van der Waals surface area contributed by atoms with Gasteiger partial charge in [0, 0.05) is 37.1 Å². The molecule has 5 nitrogen and oxygen atoms in total. The summed E-state index contributed by atoms with van der Waals surface area (Å²) in [5, 5.41) is 3.49. The highest BCUT2D eigenvalue weighted by atomic mass is 35.5. The van der Waals surface area contributed by atoms with Crippen LogP contribution in [-0.2, 0) is 4.79 Å². The maximum absolute atomic E-state index is 12.7. The van der Waals surface area contributed by atoms with Crippen molar-refractivity contribution >= 4 is 35.2 Å². The number of piperazine rings is 1. The molecule has 0 unspecified atom stereocenters. The predicted molar refractivity (Wildman–Crippen MR) is 96.7 cm³/mol. The zero-order valence-corrected chi connectivity index (χ0v) is 15.3. The molecule has 0 bridgehead atoms. The van der Waals surface area contributed by atoms with E-state index >= 15 is 0 Å². The number of benzene rings is 1. The van der Waals surface area contributed by atoms with E-state index in [9.17, 15) is 9.59 Å². The van der Waals surface area contributed by atoms with Crippen LogP contribution in [-0.4, -0.2) is 66.6 Å². The van der Waals surface area contributed by atoms with Gasteiger partial charge < -0.3 is 10.2 Å². The van der Waals surface area contributed by atoms with Gasteiger partial charge in [-0.15, -0.1) is 11.8 Å². The molecule has 2 amide bonds. The molecule has 0 atom stereocenters. The molecule has 1 heterocycles. The second-order valence-electron chi connectivity index (χ2n) is 6.26. The predicted octanol–water partition coefficient (Wildman–Crippen LogP) is 2.10. The van der Waals surface area contributed by atoms with Gasteiger partial charge in [0.15, 0.2) is 0 Å². The Kier molecular flexibility index (Phi) is 5.69. The molecule has 1 aliphatic heterocycles. The standard InChI is InChI=1S/C17H22ClN3O2S/c1-24-13-4-5-15(18)14(10-13)17(23)21-8-6-20(7-9-21)11-16(22)19-12-2-3-12/h4-5,10,12H,2-3,6-9,11H2,1H3,(H,19,22). The Morgan fingerprint density at radius 2 is 1.96 bits per heavy atom. The van der Waals surface area contributed by atoms with E-state index in [1.807, 2.05) is 23.3 Å². The molecular weight excluding hydrogens is 346 g/mol. The first-order valence-corrected chi connectivity index (χ1v) is 9.81. The molecule has 1 aromatic rings. The lowest BCUT2D eigenvalue weighted by Gasteiger charge is -2.34. The fourth-order valence-corrected chi connectivity index (χ4v) is 3.42. The third kappa shape index (κ3) is 4.43. The molecule has 1 saturated heterocycles. The number of thioether (sulfide) groups is 1. The van der Waals surface area contributed by atoms with Crippen molar-refractivity contribution in [1.29, 1.82) is 0 Å². The van der Waals surface area contributed by atoms with E-state index in [1.165, 1.54) is 0 Å². The van der Waals surface area contributed by atoms with Crippen molar-refractivity contribution in [2.75, 3.05) is 39.0 Å². The summed E-state index contributed by atoms with van der Waals surface area (Å²) in [4.78, 5) is 29.5. The molecular formula is C17H22ClN3O2S. The van der Waals surface area contributed by atoms with Crippen LogP contribution in [0.4, 0.5) is 0 Å². The zero-order valence-electron chi connectivity index (χ0n) is 13.8. The van der Waals surface area contributed by atoms with Gasteiger partial charge in [-0.25, -0.2) is 0 Å². The fraction of sp³-hybridized carbons (Fsp3) is 0.529. The third-order valence-electron chi connectivity index (χ3n) is 4.37. The van der Waals surface area contributed by atoms with Crippen LogP contribution in [0.15, 0.2) is 23.1 Å². The molecule has 1 aliphatic carbocycles. The van der Waals surface area contributed by atoms with Crippen LogP contribution in [0.1, 0.15) is 23.2 Å². The van der Waals surface area contributed by atoms with Gasteiger partial charge in [-0.3, -0.25) is 14.5 Å². The van der Waals surface area contributed by atoms with Crippen molar-refractivity contribution < 1.29 is 9.59 Å². The van der Waals surface area contributed by atoms with Crippen molar-refractivity contribution in [1.82, 2.24) is 15.1 Å². The minimum Gasteiger partial charge on any atom is -0.352 e. The maximum Gasteiger partial charge on any atom is 0.255 e. The highest BCUT2D eigenvalue weighted by Gasteiger charge is 2.27. The van der Waals surface area contributed by atoms with Crippen LogP contribution >= 0.6 is 23.4 Å². The Bertz CT molecular complexity index is 628. The maximum atomic E-state index is 12.7. The Hall–Kier alpha value is -1.24. The monoisotopic (exact) mass is 367 g/mol.